The van der Waals surface area contributed by atoms with Crippen LogP contribution >= 0.6 is 11.3 Å². The third-order valence-electron chi connectivity index (χ3n) is 3.34. The van der Waals surface area contributed by atoms with Crippen LogP contribution in [0, 0.1) is 6.92 Å². The van der Waals surface area contributed by atoms with Gasteiger partial charge in [-0.25, -0.2) is 4.98 Å². The largest absolute Gasteiger partial charge is 0.341 e. The van der Waals surface area contributed by atoms with Gasteiger partial charge in [0.1, 0.15) is 0 Å². The number of pyridine rings is 1. The van der Waals surface area contributed by atoms with Crippen LogP contribution in [0.1, 0.15) is 22.3 Å². The molecule has 1 aliphatic heterocycles. The van der Waals surface area contributed by atoms with E-state index in [9.17, 15) is 4.79 Å². The fourth-order valence-electron chi connectivity index (χ4n) is 2.24. The van der Waals surface area contributed by atoms with Crippen molar-refractivity contribution in [1.82, 2.24) is 14.9 Å². The van der Waals surface area contributed by atoms with Crippen molar-refractivity contribution in [2.24, 2.45) is 0 Å². The minimum atomic E-state index is 0.164. The van der Waals surface area contributed by atoms with Crippen molar-refractivity contribution >= 4 is 17.2 Å². The lowest BCUT2D eigenvalue weighted by Gasteiger charge is -2.38. The van der Waals surface area contributed by atoms with E-state index >= 15 is 0 Å². The van der Waals surface area contributed by atoms with Crippen LogP contribution in [0.5, 0.6) is 0 Å². The first-order valence-corrected chi connectivity index (χ1v) is 7.20. The molecule has 0 N–H and O–H groups in total. The average Bonchev–Trinajstić information content (AvgIpc) is 2.74. The zero-order valence-electron chi connectivity index (χ0n) is 10.7. The van der Waals surface area contributed by atoms with E-state index in [0.29, 0.717) is 12.3 Å². The highest BCUT2D eigenvalue weighted by molar-refractivity contribution is 7.09. The van der Waals surface area contributed by atoms with Crippen LogP contribution in [-0.4, -0.2) is 33.9 Å². The highest BCUT2D eigenvalue weighted by Gasteiger charge is 2.32. The fraction of sp³-hybridized carbons (Fsp3) is 0.357. The summed E-state index contributed by atoms with van der Waals surface area (Å²) in [4.78, 5) is 22.6. The first-order valence-electron chi connectivity index (χ1n) is 6.32. The van der Waals surface area contributed by atoms with Crippen molar-refractivity contribution in [3.05, 3.63) is 46.2 Å². The summed E-state index contributed by atoms with van der Waals surface area (Å²) in [7, 11) is 0. The summed E-state index contributed by atoms with van der Waals surface area (Å²) < 4.78 is 0. The maximum atomic E-state index is 12.1. The van der Waals surface area contributed by atoms with Crippen LogP contribution in [0.4, 0.5) is 0 Å². The normalized spacial score (nSPS) is 15.3. The van der Waals surface area contributed by atoms with Crippen molar-refractivity contribution in [3.63, 3.8) is 0 Å². The Hall–Kier alpha value is -1.75. The second kappa shape index (κ2) is 5.09. The number of likely N-dealkylation sites (tertiary alicyclic amines) is 1. The lowest BCUT2D eigenvalue weighted by molar-refractivity contribution is -0.134. The van der Waals surface area contributed by atoms with E-state index in [1.165, 1.54) is 0 Å². The number of carbonyl (C=O) groups is 1. The molecule has 0 aliphatic carbocycles. The predicted octanol–water partition coefficient (Wildman–Crippen LogP) is 2.02. The Bertz CT molecular complexity index is 575. The Morgan fingerprint density at radius 1 is 1.47 bits per heavy atom. The van der Waals surface area contributed by atoms with Gasteiger partial charge in [0, 0.05) is 36.3 Å². The predicted molar refractivity (Wildman–Crippen MR) is 74.1 cm³/mol. The summed E-state index contributed by atoms with van der Waals surface area (Å²) in [5.41, 5.74) is 1.96. The van der Waals surface area contributed by atoms with Gasteiger partial charge in [0.15, 0.2) is 0 Å². The molecule has 0 radical (unpaired) electrons. The van der Waals surface area contributed by atoms with Gasteiger partial charge in [-0.2, -0.15) is 0 Å². The molecule has 4 nitrogen and oxygen atoms in total. The molecular weight excluding hydrogens is 258 g/mol. The first-order chi connectivity index (χ1) is 9.22. The third-order valence-corrected chi connectivity index (χ3v) is 4.16. The Morgan fingerprint density at radius 3 is 2.95 bits per heavy atom. The lowest BCUT2D eigenvalue weighted by Crippen LogP contribution is -2.49. The van der Waals surface area contributed by atoms with Crippen LogP contribution in [0.2, 0.25) is 0 Å². The Labute approximate surface area is 116 Å². The molecule has 0 atom stereocenters. The molecule has 1 saturated heterocycles. The summed E-state index contributed by atoms with van der Waals surface area (Å²) in [5.74, 6) is 0.555. The lowest BCUT2D eigenvalue weighted by atomic mass is 9.95. The van der Waals surface area contributed by atoms with Gasteiger partial charge in [0.2, 0.25) is 5.91 Å². The van der Waals surface area contributed by atoms with Crippen molar-refractivity contribution in [2.75, 3.05) is 13.1 Å². The molecule has 1 fully saturated rings. The monoisotopic (exact) mass is 273 g/mol. The molecule has 5 heteroatoms. The quantitative estimate of drug-likeness (QED) is 0.859. The van der Waals surface area contributed by atoms with Gasteiger partial charge in [0.25, 0.3) is 0 Å². The zero-order chi connectivity index (χ0) is 13.2. The second-order valence-corrected chi connectivity index (χ2v) is 5.85. The van der Waals surface area contributed by atoms with Gasteiger partial charge in [-0.3, -0.25) is 9.78 Å². The van der Waals surface area contributed by atoms with Gasteiger partial charge in [-0.15, -0.1) is 11.3 Å². The van der Waals surface area contributed by atoms with Crippen molar-refractivity contribution in [3.8, 4) is 0 Å². The number of rotatable bonds is 3. The standard InChI is InChI=1S/C14H15N3OS/c1-10-16-12(9-19-10)6-14(18)17-7-11(8-17)13-4-2-3-5-15-13/h2-5,9,11H,6-8H2,1H3. The molecule has 2 aromatic rings. The Morgan fingerprint density at radius 2 is 2.32 bits per heavy atom. The maximum Gasteiger partial charge on any atom is 0.228 e. The Balaban J connectivity index is 1.54. The minimum Gasteiger partial charge on any atom is -0.341 e. The van der Waals surface area contributed by atoms with Crippen LogP contribution in [0.15, 0.2) is 29.8 Å². The van der Waals surface area contributed by atoms with Gasteiger partial charge in [-0.1, -0.05) is 6.07 Å². The minimum absolute atomic E-state index is 0.164. The molecule has 0 spiro atoms. The van der Waals surface area contributed by atoms with Crippen molar-refractivity contribution in [1.29, 1.82) is 0 Å². The molecule has 1 amide bonds. The number of aryl methyl sites for hydroxylation is 1. The Kier molecular flexibility index (Phi) is 3.29. The molecule has 0 saturated carbocycles. The fourth-order valence-corrected chi connectivity index (χ4v) is 2.86. The first kappa shape index (κ1) is 12.3. The number of carbonyl (C=O) groups excluding carboxylic acids is 1. The summed E-state index contributed by atoms with van der Waals surface area (Å²) in [5, 5.41) is 2.97. The number of hydrogen-bond acceptors (Lipinski definition) is 4. The molecule has 3 rings (SSSR count). The van der Waals surface area contributed by atoms with E-state index in [1.54, 1.807) is 17.5 Å². The van der Waals surface area contributed by atoms with Crippen LogP contribution < -0.4 is 0 Å². The molecule has 98 valence electrons. The van der Waals surface area contributed by atoms with E-state index in [4.69, 9.17) is 0 Å². The van der Waals surface area contributed by atoms with Crippen LogP contribution in [-0.2, 0) is 11.2 Å². The van der Waals surface area contributed by atoms with E-state index < -0.39 is 0 Å². The summed E-state index contributed by atoms with van der Waals surface area (Å²) in [6.45, 7) is 3.51. The van der Waals surface area contributed by atoms with E-state index in [1.807, 2.05) is 35.4 Å². The number of amides is 1. The molecular formula is C14H15N3OS. The van der Waals surface area contributed by atoms with Gasteiger partial charge in [0.05, 0.1) is 17.1 Å². The summed E-state index contributed by atoms with van der Waals surface area (Å²) in [6.07, 6.45) is 2.22. The van der Waals surface area contributed by atoms with E-state index in [2.05, 4.69) is 9.97 Å². The number of thiazole rings is 1. The smallest absolute Gasteiger partial charge is 0.228 e. The average molecular weight is 273 g/mol. The molecule has 2 aromatic heterocycles. The van der Waals surface area contributed by atoms with Crippen LogP contribution in [0.3, 0.4) is 0 Å². The van der Waals surface area contributed by atoms with Crippen molar-refractivity contribution in [2.45, 2.75) is 19.3 Å². The highest BCUT2D eigenvalue weighted by atomic mass is 32.1. The molecule has 0 bridgehead atoms. The third kappa shape index (κ3) is 2.66. The summed E-state index contributed by atoms with van der Waals surface area (Å²) >= 11 is 1.59. The van der Waals surface area contributed by atoms with Crippen molar-refractivity contribution < 1.29 is 4.79 Å². The van der Waals surface area contributed by atoms with E-state index in [-0.39, 0.29) is 5.91 Å². The number of aromatic nitrogens is 2. The topological polar surface area (TPSA) is 46.1 Å². The summed E-state index contributed by atoms with van der Waals surface area (Å²) in [6, 6.07) is 5.93. The SMILES string of the molecule is Cc1nc(CC(=O)N2CC(c3ccccn3)C2)cs1. The van der Waals surface area contributed by atoms with Crippen LogP contribution in [0.25, 0.3) is 0 Å². The molecule has 3 heterocycles. The molecule has 0 aromatic carbocycles. The van der Waals surface area contributed by atoms with Gasteiger partial charge in [-0.05, 0) is 19.1 Å². The molecule has 0 unspecified atom stereocenters. The maximum absolute atomic E-state index is 12.1. The molecule has 1 aliphatic rings. The highest BCUT2D eigenvalue weighted by Crippen LogP contribution is 2.25. The zero-order valence-corrected chi connectivity index (χ0v) is 11.6. The number of nitrogens with zero attached hydrogens (tertiary/aromatic N) is 3. The van der Waals surface area contributed by atoms with E-state index in [0.717, 1.165) is 29.5 Å². The van der Waals surface area contributed by atoms with Gasteiger partial charge < -0.3 is 4.90 Å². The van der Waals surface area contributed by atoms with Gasteiger partial charge >= 0.3 is 0 Å². The molecule has 19 heavy (non-hydrogen) atoms. The number of hydrogen-bond donors (Lipinski definition) is 0. The second-order valence-electron chi connectivity index (χ2n) is 4.78.